The second-order valence-corrected chi connectivity index (χ2v) is 11.5. The lowest BCUT2D eigenvalue weighted by Crippen LogP contribution is -2.50. The number of hydrogen-bond donors (Lipinski definition) is 1. The van der Waals surface area contributed by atoms with Gasteiger partial charge in [0.05, 0.1) is 10.6 Å². The third kappa shape index (κ3) is 6.66. The summed E-state index contributed by atoms with van der Waals surface area (Å²) < 4.78 is 29.2. The molecule has 3 aromatic carbocycles. The Labute approximate surface area is 225 Å². The van der Waals surface area contributed by atoms with Crippen LogP contribution in [-0.2, 0) is 26.2 Å². The second kappa shape index (κ2) is 11.9. The van der Waals surface area contributed by atoms with Gasteiger partial charge in [0, 0.05) is 23.1 Å². The molecular formula is C26H27BrClN3O4S. The first kappa shape index (κ1) is 27.7. The highest BCUT2D eigenvalue weighted by molar-refractivity contribution is 9.10. The molecule has 3 aromatic rings. The molecule has 0 saturated heterocycles. The van der Waals surface area contributed by atoms with Crippen molar-refractivity contribution in [2.45, 2.75) is 31.3 Å². The summed E-state index contributed by atoms with van der Waals surface area (Å²) in [6.07, 6.45) is 0. The zero-order valence-electron chi connectivity index (χ0n) is 20.1. The fraction of sp³-hybridized carbons (Fsp3) is 0.231. The van der Waals surface area contributed by atoms with Crippen molar-refractivity contribution < 1.29 is 18.0 Å². The molecule has 0 unspecified atom stereocenters. The molecule has 3 rings (SSSR count). The van der Waals surface area contributed by atoms with Crippen LogP contribution in [-0.4, -0.2) is 44.8 Å². The minimum Gasteiger partial charge on any atom is -0.357 e. The van der Waals surface area contributed by atoms with E-state index in [2.05, 4.69) is 21.2 Å². The number of halogens is 2. The van der Waals surface area contributed by atoms with Crippen LogP contribution >= 0.6 is 27.5 Å². The number of sulfonamides is 1. The molecule has 0 aromatic heterocycles. The van der Waals surface area contributed by atoms with Crippen LogP contribution in [0.5, 0.6) is 0 Å². The van der Waals surface area contributed by atoms with Crippen molar-refractivity contribution in [3.63, 3.8) is 0 Å². The minimum atomic E-state index is -4.11. The summed E-state index contributed by atoms with van der Waals surface area (Å²) in [4.78, 5) is 27.6. The van der Waals surface area contributed by atoms with Gasteiger partial charge in [-0.25, -0.2) is 8.42 Å². The summed E-state index contributed by atoms with van der Waals surface area (Å²) in [7, 11) is -2.62. The topological polar surface area (TPSA) is 86.8 Å². The summed E-state index contributed by atoms with van der Waals surface area (Å²) >= 11 is 9.45. The molecule has 0 aliphatic rings. The van der Waals surface area contributed by atoms with E-state index in [-0.39, 0.29) is 23.0 Å². The Kier molecular flexibility index (Phi) is 9.16. The second-order valence-electron chi connectivity index (χ2n) is 8.24. The molecule has 0 aliphatic carbocycles. The largest absolute Gasteiger partial charge is 0.357 e. The van der Waals surface area contributed by atoms with E-state index in [0.29, 0.717) is 5.02 Å². The lowest BCUT2D eigenvalue weighted by molar-refractivity contribution is -0.139. The number of carbonyl (C=O) groups excluding carboxylic acids is 2. The Bertz CT molecular complexity index is 1330. The third-order valence-electron chi connectivity index (χ3n) is 5.66. The number of amides is 2. The van der Waals surface area contributed by atoms with Gasteiger partial charge >= 0.3 is 0 Å². The lowest BCUT2D eigenvalue weighted by Gasteiger charge is -2.31. The zero-order chi connectivity index (χ0) is 26.5. The smallest absolute Gasteiger partial charge is 0.264 e. The highest BCUT2D eigenvalue weighted by Crippen LogP contribution is 2.26. The van der Waals surface area contributed by atoms with Crippen molar-refractivity contribution >= 4 is 55.1 Å². The predicted molar refractivity (Wildman–Crippen MR) is 145 cm³/mol. The van der Waals surface area contributed by atoms with Crippen molar-refractivity contribution in [2.24, 2.45) is 0 Å². The minimum absolute atomic E-state index is 0.0498. The number of nitrogens with one attached hydrogen (secondary N) is 1. The van der Waals surface area contributed by atoms with Crippen molar-refractivity contribution in [2.75, 3.05) is 17.9 Å². The fourth-order valence-corrected chi connectivity index (χ4v) is 5.58. The van der Waals surface area contributed by atoms with E-state index in [1.807, 2.05) is 31.2 Å². The van der Waals surface area contributed by atoms with E-state index in [0.717, 1.165) is 19.9 Å². The molecular weight excluding hydrogens is 566 g/mol. The standard InChI is InChI=1S/C26H27BrClN3O4S/c1-18-7-13-24(14-8-18)36(34,35)31(23-11-9-22(28)10-12-23)17-25(32)30(19(2)26(33)29-3)16-20-5-4-6-21(27)15-20/h4-15,19H,16-17H2,1-3H3,(H,29,33)/t19-/m0/s1. The van der Waals surface area contributed by atoms with Crippen LogP contribution < -0.4 is 9.62 Å². The molecule has 0 aliphatic heterocycles. The van der Waals surface area contributed by atoms with Gasteiger partial charge in [-0.3, -0.25) is 13.9 Å². The monoisotopic (exact) mass is 591 g/mol. The van der Waals surface area contributed by atoms with Crippen LogP contribution in [0.15, 0.2) is 82.2 Å². The Hall–Kier alpha value is -2.88. The highest BCUT2D eigenvalue weighted by Gasteiger charge is 2.32. The van der Waals surface area contributed by atoms with E-state index < -0.39 is 28.5 Å². The number of carbonyl (C=O) groups is 2. The number of likely N-dealkylation sites (N-methyl/N-ethyl adjacent to an activating group) is 1. The number of rotatable bonds is 9. The number of anilines is 1. The maximum Gasteiger partial charge on any atom is 0.264 e. The molecule has 36 heavy (non-hydrogen) atoms. The van der Waals surface area contributed by atoms with Gasteiger partial charge in [-0.15, -0.1) is 0 Å². The number of aryl methyl sites for hydroxylation is 1. The van der Waals surface area contributed by atoms with E-state index in [1.165, 1.54) is 24.1 Å². The number of nitrogens with zero attached hydrogens (tertiary/aromatic N) is 2. The van der Waals surface area contributed by atoms with Gasteiger partial charge in [0.25, 0.3) is 10.0 Å². The average molecular weight is 593 g/mol. The van der Waals surface area contributed by atoms with Gasteiger partial charge in [0.15, 0.2) is 0 Å². The molecule has 2 amide bonds. The summed E-state index contributed by atoms with van der Waals surface area (Å²) in [5.41, 5.74) is 1.97. The molecule has 0 fully saturated rings. The summed E-state index contributed by atoms with van der Waals surface area (Å²) in [5, 5.41) is 2.99. The fourth-order valence-electron chi connectivity index (χ4n) is 3.60. The lowest BCUT2D eigenvalue weighted by atomic mass is 10.1. The van der Waals surface area contributed by atoms with E-state index in [4.69, 9.17) is 11.6 Å². The van der Waals surface area contributed by atoms with Gasteiger partial charge in [0.1, 0.15) is 12.6 Å². The van der Waals surface area contributed by atoms with Gasteiger partial charge in [-0.2, -0.15) is 0 Å². The number of benzene rings is 3. The quantitative estimate of drug-likeness (QED) is 0.388. The van der Waals surface area contributed by atoms with Gasteiger partial charge in [0.2, 0.25) is 11.8 Å². The highest BCUT2D eigenvalue weighted by atomic mass is 79.9. The van der Waals surface area contributed by atoms with Crippen LogP contribution in [0.1, 0.15) is 18.1 Å². The van der Waals surface area contributed by atoms with E-state index >= 15 is 0 Å². The molecule has 0 spiro atoms. The molecule has 0 heterocycles. The van der Waals surface area contributed by atoms with Crippen molar-refractivity contribution in [3.05, 3.63) is 93.4 Å². The van der Waals surface area contributed by atoms with Crippen LogP contribution in [0.2, 0.25) is 5.02 Å². The molecule has 7 nitrogen and oxygen atoms in total. The third-order valence-corrected chi connectivity index (χ3v) is 8.19. The van der Waals surface area contributed by atoms with Crippen molar-refractivity contribution in [1.29, 1.82) is 0 Å². The zero-order valence-corrected chi connectivity index (χ0v) is 23.3. The molecule has 190 valence electrons. The van der Waals surface area contributed by atoms with Gasteiger partial charge < -0.3 is 10.2 Å². The maximum absolute atomic E-state index is 13.7. The van der Waals surface area contributed by atoms with Gasteiger partial charge in [-0.05, 0) is 67.9 Å². The Morgan fingerprint density at radius 3 is 2.25 bits per heavy atom. The molecule has 1 N–H and O–H groups in total. The molecule has 0 bridgehead atoms. The Morgan fingerprint density at radius 1 is 1.03 bits per heavy atom. The van der Waals surface area contributed by atoms with Crippen molar-refractivity contribution in [3.8, 4) is 0 Å². The van der Waals surface area contributed by atoms with Crippen molar-refractivity contribution in [1.82, 2.24) is 10.2 Å². The SMILES string of the molecule is CNC(=O)[C@H](C)N(Cc1cccc(Br)c1)C(=O)CN(c1ccc(Cl)cc1)S(=O)(=O)c1ccc(C)cc1. The molecule has 0 radical (unpaired) electrons. The first-order valence-electron chi connectivity index (χ1n) is 11.1. The van der Waals surface area contributed by atoms with Crippen LogP contribution in [0.3, 0.4) is 0 Å². The van der Waals surface area contributed by atoms with E-state index in [9.17, 15) is 18.0 Å². The van der Waals surface area contributed by atoms with Crippen LogP contribution in [0.4, 0.5) is 5.69 Å². The van der Waals surface area contributed by atoms with Crippen LogP contribution in [0.25, 0.3) is 0 Å². The normalized spacial score (nSPS) is 12.0. The van der Waals surface area contributed by atoms with E-state index in [1.54, 1.807) is 43.3 Å². The predicted octanol–water partition coefficient (Wildman–Crippen LogP) is 4.77. The first-order valence-corrected chi connectivity index (χ1v) is 13.7. The molecule has 10 heteroatoms. The maximum atomic E-state index is 13.7. The summed E-state index contributed by atoms with van der Waals surface area (Å²) in [5.74, 6) is -0.894. The number of hydrogen-bond acceptors (Lipinski definition) is 4. The summed E-state index contributed by atoms with van der Waals surface area (Å²) in [6.45, 7) is 3.08. The average Bonchev–Trinajstić information content (AvgIpc) is 2.85. The first-order chi connectivity index (χ1) is 17.0. The Morgan fingerprint density at radius 2 is 1.67 bits per heavy atom. The molecule has 1 atom stereocenters. The molecule has 0 saturated carbocycles. The Balaban J connectivity index is 2.02. The van der Waals surface area contributed by atoms with Gasteiger partial charge in [-0.1, -0.05) is 57.4 Å². The summed E-state index contributed by atoms with van der Waals surface area (Å²) in [6, 6.07) is 19.1. The van der Waals surface area contributed by atoms with Crippen LogP contribution in [0, 0.1) is 6.92 Å².